The summed E-state index contributed by atoms with van der Waals surface area (Å²) in [6, 6.07) is 0. The van der Waals surface area contributed by atoms with E-state index in [0.717, 1.165) is 23.0 Å². The molecule has 0 saturated heterocycles. The molecule has 2 rings (SSSR count). The molecule has 4 nitrogen and oxygen atoms in total. The van der Waals surface area contributed by atoms with E-state index in [1.54, 1.807) is 0 Å². The summed E-state index contributed by atoms with van der Waals surface area (Å²) in [6.45, 7) is 2.80. The first-order valence-corrected chi connectivity index (χ1v) is 15.2. The van der Waals surface area contributed by atoms with E-state index in [1.165, 1.54) is 25.4 Å². The van der Waals surface area contributed by atoms with Gasteiger partial charge in [-0.2, -0.15) is 0 Å². The van der Waals surface area contributed by atoms with Gasteiger partial charge in [0.2, 0.25) is 0 Å². The molecular weight excluding hydrogens is 481 g/mol. The fourth-order valence-electron chi connectivity index (χ4n) is 1.67. The SMILES string of the molecule is NCCSC1=C(SCCN)SC(=C2SC(SCCN)=C(SCCN)S2)S1. The number of hydrogen-bond acceptors (Lipinski definition) is 12. The van der Waals surface area contributed by atoms with Crippen molar-refractivity contribution in [1.82, 2.24) is 0 Å². The maximum absolute atomic E-state index is 5.70. The van der Waals surface area contributed by atoms with Crippen LogP contribution in [0, 0.1) is 0 Å². The lowest BCUT2D eigenvalue weighted by atomic mass is 10.8. The molecule has 0 aromatic heterocycles. The van der Waals surface area contributed by atoms with E-state index in [2.05, 4.69) is 0 Å². The third-order valence-electron chi connectivity index (χ3n) is 2.65. The molecule has 0 amide bonds. The minimum atomic E-state index is 0.699. The number of thioether (sulfide) groups is 8. The Kier molecular flexibility index (Phi) is 13.0. The van der Waals surface area contributed by atoms with Crippen LogP contribution in [0.2, 0.25) is 0 Å². The lowest BCUT2D eigenvalue weighted by molar-refractivity contribution is 1.15. The van der Waals surface area contributed by atoms with Crippen molar-refractivity contribution in [3.8, 4) is 0 Å². The first-order valence-electron chi connectivity index (χ1n) is 7.99. The van der Waals surface area contributed by atoms with E-state index in [0.29, 0.717) is 26.2 Å². The van der Waals surface area contributed by atoms with Crippen LogP contribution in [0.3, 0.4) is 0 Å². The zero-order valence-electron chi connectivity index (χ0n) is 14.2. The van der Waals surface area contributed by atoms with E-state index >= 15 is 0 Å². The zero-order chi connectivity index (χ0) is 18.8. The van der Waals surface area contributed by atoms with Gasteiger partial charge in [-0.25, -0.2) is 0 Å². The normalized spacial score (nSPS) is 18.0. The van der Waals surface area contributed by atoms with Crippen molar-refractivity contribution >= 4 is 94.1 Å². The van der Waals surface area contributed by atoms with Crippen LogP contribution in [0.1, 0.15) is 0 Å². The Morgan fingerprint density at radius 3 is 0.885 bits per heavy atom. The molecule has 0 unspecified atom stereocenters. The van der Waals surface area contributed by atoms with Crippen molar-refractivity contribution in [3.63, 3.8) is 0 Å². The van der Waals surface area contributed by atoms with Crippen molar-refractivity contribution in [2.45, 2.75) is 0 Å². The van der Waals surface area contributed by atoms with Gasteiger partial charge in [0, 0.05) is 49.2 Å². The first kappa shape index (κ1) is 24.1. The highest BCUT2D eigenvalue weighted by atomic mass is 32.3. The summed E-state index contributed by atoms with van der Waals surface area (Å²) in [4.78, 5) is 0. The first-order chi connectivity index (χ1) is 12.7. The Morgan fingerprint density at radius 2 is 0.692 bits per heavy atom. The molecule has 148 valence electrons. The number of nitrogens with two attached hydrogens (primary N) is 4. The zero-order valence-corrected chi connectivity index (χ0v) is 20.8. The molecule has 0 saturated carbocycles. The predicted octanol–water partition coefficient (Wildman–Crippen LogP) is 4.09. The molecule has 2 aliphatic rings. The Morgan fingerprint density at radius 1 is 0.462 bits per heavy atom. The average Bonchev–Trinajstić information content (AvgIpc) is 3.25. The van der Waals surface area contributed by atoms with Crippen molar-refractivity contribution in [3.05, 3.63) is 25.4 Å². The monoisotopic (exact) mass is 504 g/mol. The predicted molar refractivity (Wildman–Crippen MR) is 137 cm³/mol. The minimum absolute atomic E-state index is 0.699. The molecule has 8 N–H and O–H groups in total. The smallest absolute Gasteiger partial charge is 0.0717 e. The Bertz CT molecular complexity index is 471. The maximum atomic E-state index is 5.70. The standard InChI is InChI=1S/C14H24N4S8/c15-1-5-19-9-10(20-6-2-16)24-13(23-9)14-25-11(21-7-3-17)12(26-14)22-8-4-18/h1-8,15-18H2. The van der Waals surface area contributed by atoms with E-state index in [-0.39, 0.29) is 0 Å². The fourth-order valence-corrected chi connectivity index (χ4v) is 13.0. The quantitative estimate of drug-likeness (QED) is 0.307. The van der Waals surface area contributed by atoms with Crippen molar-refractivity contribution in [2.24, 2.45) is 22.9 Å². The second kappa shape index (κ2) is 14.0. The lowest BCUT2D eigenvalue weighted by Gasteiger charge is -2.02. The van der Waals surface area contributed by atoms with Crippen LogP contribution in [0.5, 0.6) is 0 Å². The van der Waals surface area contributed by atoms with E-state index in [4.69, 9.17) is 22.9 Å². The van der Waals surface area contributed by atoms with Gasteiger partial charge in [-0.05, 0) is 0 Å². The lowest BCUT2D eigenvalue weighted by Crippen LogP contribution is -2.01. The van der Waals surface area contributed by atoms with Gasteiger partial charge in [0.15, 0.2) is 0 Å². The topological polar surface area (TPSA) is 104 Å². The van der Waals surface area contributed by atoms with Gasteiger partial charge >= 0.3 is 0 Å². The summed E-state index contributed by atoms with van der Waals surface area (Å²) in [5.74, 6) is 3.80. The highest BCUT2D eigenvalue weighted by Gasteiger charge is 2.30. The van der Waals surface area contributed by atoms with Gasteiger partial charge in [-0.3, -0.25) is 0 Å². The number of rotatable bonds is 12. The van der Waals surface area contributed by atoms with Crippen molar-refractivity contribution in [1.29, 1.82) is 0 Å². The maximum Gasteiger partial charge on any atom is 0.0717 e. The number of hydrogen-bond donors (Lipinski definition) is 4. The minimum Gasteiger partial charge on any atom is -0.330 e. The third-order valence-corrected chi connectivity index (χ3v) is 14.4. The van der Waals surface area contributed by atoms with Gasteiger partial charge in [0.05, 0.1) is 25.4 Å². The van der Waals surface area contributed by atoms with Crippen molar-refractivity contribution < 1.29 is 0 Å². The van der Waals surface area contributed by atoms with E-state index in [1.807, 2.05) is 94.1 Å². The Labute approximate surface area is 190 Å². The van der Waals surface area contributed by atoms with Gasteiger partial charge in [0.25, 0.3) is 0 Å². The average molecular weight is 505 g/mol. The van der Waals surface area contributed by atoms with Gasteiger partial charge in [-0.15, -0.1) is 47.0 Å². The molecule has 0 aromatic rings. The van der Waals surface area contributed by atoms with E-state index in [9.17, 15) is 0 Å². The summed E-state index contributed by atoms with van der Waals surface area (Å²) < 4.78 is 8.27. The van der Waals surface area contributed by atoms with Gasteiger partial charge in [-0.1, -0.05) is 47.0 Å². The highest BCUT2D eigenvalue weighted by Crippen LogP contribution is 2.65. The summed E-state index contributed by atoms with van der Waals surface area (Å²) >= 11 is 15.0. The second-order valence-corrected chi connectivity index (χ2v) is 14.7. The molecule has 26 heavy (non-hydrogen) atoms. The molecular formula is C14H24N4S8. The van der Waals surface area contributed by atoms with Crippen LogP contribution in [-0.4, -0.2) is 49.2 Å². The Balaban J connectivity index is 2.08. The molecule has 0 atom stereocenters. The third kappa shape index (κ3) is 7.60. The van der Waals surface area contributed by atoms with E-state index < -0.39 is 0 Å². The summed E-state index contributed by atoms with van der Waals surface area (Å²) in [7, 11) is 0. The molecule has 2 aliphatic heterocycles. The van der Waals surface area contributed by atoms with Crippen LogP contribution in [0.25, 0.3) is 0 Å². The molecule has 0 bridgehead atoms. The molecule has 0 spiro atoms. The summed E-state index contributed by atoms with van der Waals surface area (Å²) in [6.07, 6.45) is 0. The van der Waals surface area contributed by atoms with Gasteiger partial charge in [0.1, 0.15) is 0 Å². The van der Waals surface area contributed by atoms with Crippen LogP contribution in [-0.2, 0) is 0 Å². The molecule has 0 radical (unpaired) electrons. The van der Waals surface area contributed by atoms with Crippen LogP contribution >= 0.6 is 94.1 Å². The molecule has 12 heteroatoms. The van der Waals surface area contributed by atoms with Gasteiger partial charge < -0.3 is 22.9 Å². The highest BCUT2D eigenvalue weighted by molar-refractivity contribution is 8.45. The molecule has 0 aromatic carbocycles. The largest absolute Gasteiger partial charge is 0.330 e. The summed E-state index contributed by atoms with van der Waals surface area (Å²) in [5.41, 5.74) is 22.8. The second-order valence-electron chi connectivity index (χ2n) is 4.68. The van der Waals surface area contributed by atoms with Crippen molar-refractivity contribution in [2.75, 3.05) is 49.2 Å². The fraction of sp³-hybridized carbons (Fsp3) is 0.571. The molecule has 2 heterocycles. The van der Waals surface area contributed by atoms with Crippen LogP contribution in [0.15, 0.2) is 25.4 Å². The van der Waals surface area contributed by atoms with Crippen LogP contribution in [0.4, 0.5) is 0 Å². The Hall–Kier alpha value is 1.86. The summed E-state index contributed by atoms with van der Waals surface area (Å²) in [5, 5.41) is 0. The molecule has 0 fully saturated rings. The van der Waals surface area contributed by atoms with Crippen LogP contribution < -0.4 is 22.9 Å². The molecule has 0 aliphatic carbocycles.